The fourth-order valence-corrected chi connectivity index (χ4v) is 2.66. The molecule has 1 atom stereocenters. The van der Waals surface area contributed by atoms with Gasteiger partial charge >= 0.3 is 0 Å². The van der Waals surface area contributed by atoms with Gasteiger partial charge in [-0.3, -0.25) is 9.59 Å². The predicted octanol–water partition coefficient (Wildman–Crippen LogP) is 1.97. The number of hydrogen-bond donors (Lipinski definition) is 2. The molecule has 7 nitrogen and oxygen atoms in total. The first kappa shape index (κ1) is 16.5. The molecule has 2 aromatic heterocycles. The van der Waals surface area contributed by atoms with E-state index in [0.29, 0.717) is 22.4 Å². The molecule has 3 aromatic rings. The summed E-state index contributed by atoms with van der Waals surface area (Å²) in [5, 5.41) is 12.0. The Labute approximate surface area is 143 Å². The van der Waals surface area contributed by atoms with Crippen LogP contribution in [0.4, 0.5) is 5.69 Å². The highest BCUT2D eigenvalue weighted by Gasteiger charge is 2.15. The van der Waals surface area contributed by atoms with E-state index in [-0.39, 0.29) is 16.8 Å². The maximum Gasteiger partial charge on any atom is 0.274 e. The molecule has 1 aromatic carbocycles. The number of anilines is 1. The molecule has 0 saturated heterocycles. The standard InChI is InChI=1S/C18H17N5O2/c1-10-4-6-13-15(8-10)21-16(17(24)22-13)11(2)20-14-7-5-12(9-19)23(3)18(14)25/h4-8,11,20H,1-3H3,(H,22,24)/t11-/m0/s1. The second kappa shape index (κ2) is 6.24. The second-order valence-corrected chi connectivity index (χ2v) is 5.95. The van der Waals surface area contributed by atoms with Gasteiger partial charge in [0.1, 0.15) is 23.1 Å². The number of fused-ring (bicyclic) bond motifs is 1. The lowest BCUT2D eigenvalue weighted by molar-refractivity contribution is 0.799. The molecular weight excluding hydrogens is 318 g/mol. The summed E-state index contributed by atoms with van der Waals surface area (Å²) in [6.07, 6.45) is 0. The molecule has 0 radical (unpaired) electrons. The lowest BCUT2D eigenvalue weighted by Crippen LogP contribution is -2.27. The van der Waals surface area contributed by atoms with Crippen LogP contribution in [-0.2, 0) is 7.05 Å². The molecule has 0 spiro atoms. The Bertz CT molecular complexity index is 1120. The first-order valence-corrected chi connectivity index (χ1v) is 7.78. The number of hydrogen-bond acceptors (Lipinski definition) is 5. The Hall–Kier alpha value is -3.40. The summed E-state index contributed by atoms with van der Waals surface area (Å²) in [6.45, 7) is 3.71. The average molecular weight is 335 g/mol. The molecular formula is C18H17N5O2. The van der Waals surface area contributed by atoms with E-state index in [1.165, 1.54) is 17.7 Å². The predicted molar refractivity (Wildman–Crippen MR) is 95.5 cm³/mol. The van der Waals surface area contributed by atoms with Crippen molar-refractivity contribution < 1.29 is 0 Å². The zero-order valence-electron chi connectivity index (χ0n) is 14.1. The Morgan fingerprint density at radius 1 is 1.28 bits per heavy atom. The number of nitriles is 1. The molecule has 2 heterocycles. The monoisotopic (exact) mass is 335 g/mol. The highest BCUT2D eigenvalue weighted by Crippen LogP contribution is 2.16. The Morgan fingerprint density at radius 3 is 2.76 bits per heavy atom. The summed E-state index contributed by atoms with van der Waals surface area (Å²) in [5.74, 6) is 0. The quantitative estimate of drug-likeness (QED) is 0.761. The molecule has 0 aliphatic carbocycles. The van der Waals surface area contributed by atoms with E-state index in [9.17, 15) is 9.59 Å². The van der Waals surface area contributed by atoms with Gasteiger partial charge in [0.2, 0.25) is 0 Å². The third kappa shape index (κ3) is 3.02. The first-order chi connectivity index (χ1) is 11.9. The number of H-pyrrole nitrogens is 1. The van der Waals surface area contributed by atoms with E-state index in [2.05, 4.69) is 15.3 Å². The Balaban J connectivity index is 2.01. The van der Waals surface area contributed by atoms with Crippen LogP contribution in [0.3, 0.4) is 0 Å². The third-order valence-corrected chi connectivity index (χ3v) is 4.08. The van der Waals surface area contributed by atoms with E-state index in [1.807, 2.05) is 31.2 Å². The number of benzene rings is 1. The van der Waals surface area contributed by atoms with Crippen LogP contribution in [-0.4, -0.2) is 14.5 Å². The van der Waals surface area contributed by atoms with Crippen molar-refractivity contribution in [3.8, 4) is 6.07 Å². The third-order valence-electron chi connectivity index (χ3n) is 4.08. The molecule has 0 fully saturated rings. The smallest absolute Gasteiger partial charge is 0.274 e. The molecule has 3 rings (SSSR count). The number of aromatic nitrogens is 3. The topological polar surface area (TPSA) is 104 Å². The average Bonchev–Trinajstić information content (AvgIpc) is 2.59. The van der Waals surface area contributed by atoms with Crippen molar-refractivity contribution in [2.24, 2.45) is 7.05 Å². The van der Waals surface area contributed by atoms with E-state index < -0.39 is 6.04 Å². The summed E-state index contributed by atoms with van der Waals surface area (Å²) >= 11 is 0. The van der Waals surface area contributed by atoms with Gasteiger partial charge in [0, 0.05) is 7.05 Å². The van der Waals surface area contributed by atoms with Gasteiger partial charge in [0.25, 0.3) is 11.1 Å². The minimum atomic E-state index is -0.478. The van der Waals surface area contributed by atoms with Crippen molar-refractivity contribution in [3.63, 3.8) is 0 Å². The van der Waals surface area contributed by atoms with Crippen LogP contribution in [0, 0.1) is 18.3 Å². The lowest BCUT2D eigenvalue weighted by Gasteiger charge is -2.15. The SMILES string of the molecule is Cc1ccc2[nH]c(=O)c([C@H](C)Nc3ccc(C#N)n(C)c3=O)nc2c1. The van der Waals surface area contributed by atoms with E-state index >= 15 is 0 Å². The Kier molecular flexibility index (Phi) is 4.11. The van der Waals surface area contributed by atoms with Gasteiger partial charge < -0.3 is 14.9 Å². The van der Waals surface area contributed by atoms with Crippen molar-refractivity contribution >= 4 is 16.7 Å². The number of aromatic amines is 1. The minimum Gasteiger partial charge on any atom is -0.372 e. The van der Waals surface area contributed by atoms with Gasteiger partial charge in [-0.2, -0.15) is 5.26 Å². The maximum atomic E-state index is 12.3. The van der Waals surface area contributed by atoms with Crippen molar-refractivity contribution in [1.82, 2.24) is 14.5 Å². The van der Waals surface area contributed by atoms with Gasteiger partial charge in [-0.05, 0) is 43.7 Å². The van der Waals surface area contributed by atoms with Crippen LogP contribution in [0.2, 0.25) is 0 Å². The summed E-state index contributed by atoms with van der Waals surface area (Å²) < 4.78 is 1.26. The number of nitrogens with zero attached hydrogens (tertiary/aromatic N) is 3. The summed E-state index contributed by atoms with van der Waals surface area (Å²) in [4.78, 5) is 31.9. The fourth-order valence-electron chi connectivity index (χ4n) is 2.66. The largest absolute Gasteiger partial charge is 0.372 e. The van der Waals surface area contributed by atoms with Crippen LogP contribution in [0.1, 0.15) is 29.9 Å². The number of aryl methyl sites for hydroxylation is 1. The summed E-state index contributed by atoms with van der Waals surface area (Å²) in [7, 11) is 1.53. The molecule has 7 heteroatoms. The number of nitrogens with one attached hydrogen (secondary N) is 2. The van der Waals surface area contributed by atoms with Crippen molar-refractivity contribution in [2.45, 2.75) is 19.9 Å². The van der Waals surface area contributed by atoms with Gasteiger partial charge in [0.15, 0.2) is 0 Å². The van der Waals surface area contributed by atoms with Crippen LogP contribution < -0.4 is 16.4 Å². The molecule has 0 bridgehead atoms. The van der Waals surface area contributed by atoms with Crippen molar-refractivity contribution in [2.75, 3.05) is 5.32 Å². The molecule has 0 saturated carbocycles. The van der Waals surface area contributed by atoms with Crippen molar-refractivity contribution in [3.05, 3.63) is 68.0 Å². The van der Waals surface area contributed by atoms with Crippen LogP contribution in [0.5, 0.6) is 0 Å². The van der Waals surface area contributed by atoms with Crippen LogP contribution >= 0.6 is 0 Å². The van der Waals surface area contributed by atoms with Crippen molar-refractivity contribution in [1.29, 1.82) is 5.26 Å². The molecule has 0 unspecified atom stereocenters. The molecule has 126 valence electrons. The van der Waals surface area contributed by atoms with Gasteiger partial charge in [-0.25, -0.2) is 4.98 Å². The summed E-state index contributed by atoms with van der Waals surface area (Å²) in [6, 6.07) is 10.2. The second-order valence-electron chi connectivity index (χ2n) is 5.95. The molecule has 25 heavy (non-hydrogen) atoms. The summed E-state index contributed by atoms with van der Waals surface area (Å²) in [5.41, 5.74) is 2.63. The Morgan fingerprint density at radius 2 is 2.04 bits per heavy atom. The highest BCUT2D eigenvalue weighted by molar-refractivity contribution is 5.74. The zero-order chi connectivity index (χ0) is 18.1. The lowest BCUT2D eigenvalue weighted by atomic mass is 10.2. The van der Waals surface area contributed by atoms with Gasteiger partial charge in [0.05, 0.1) is 17.1 Å². The molecule has 0 aliphatic heterocycles. The van der Waals surface area contributed by atoms with E-state index in [1.54, 1.807) is 13.0 Å². The normalized spacial score (nSPS) is 11.9. The van der Waals surface area contributed by atoms with E-state index in [0.717, 1.165) is 5.56 Å². The van der Waals surface area contributed by atoms with Crippen LogP contribution in [0.15, 0.2) is 39.9 Å². The van der Waals surface area contributed by atoms with E-state index in [4.69, 9.17) is 5.26 Å². The maximum absolute atomic E-state index is 12.3. The minimum absolute atomic E-state index is 0.264. The molecule has 0 aliphatic rings. The van der Waals surface area contributed by atoms with Gasteiger partial charge in [-0.1, -0.05) is 6.07 Å². The number of pyridine rings is 1. The first-order valence-electron chi connectivity index (χ1n) is 7.78. The molecule has 0 amide bonds. The highest BCUT2D eigenvalue weighted by atomic mass is 16.1. The number of rotatable bonds is 3. The fraction of sp³-hybridized carbons (Fsp3) is 0.222. The van der Waals surface area contributed by atoms with Gasteiger partial charge in [-0.15, -0.1) is 0 Å². The molecule has 2 N–H and O–H groups in total. The zero-order valence-corrected chi connectivity index (χ0v) is 14.1. The van der Waals surface area contributed by atoms with Crippen LogP contribution in [0.25, 0.3) is 11.0 Å².